The molecule has 0 bridgehead atoms. The molecule has 0 radical (unpaired) electrons. The minimum atomic E-state index is -1.11. The molecule has 144 valence electrons. The zero-order chi connectivity index (χ0) is 19.7. The first-order valence-corrected chi connectivity index (χ1v) is 10.4. The number of thioether (sulfide) groups is 1. The Labute approximate surface area is 162 Å². The fraction of sp³-hybridized carbons (Fsp3) is 0.353. The molecule has 10 heteroatoms. The molecule has 0 N–H and O–H groups in total. The lowest BCUT2D eigenvalue weighted by Gasteiger charge is -2.33. The summed E-state index contributed by atoms with van der Waals surface area (Å²) in [5, 5.41) is 0.0118. The van der Waals surface area contributed by atoms with Crippen molar-refractivity contribution in [3.05, 3.63) is 35.1 Å². The molecular weight excluding hydrogens is 394 g/mol. The van der Waals surface area contributed by atoms with Crippen molar-refractivity contribution in [2.45, 2.75) is 36.8 Å². The molecule has 0 saturated carbocycles. The number of rotatable bonds is 6. The second-order valence-electron chi connectivity index (χ2n) is 5.79. The molecule has 2 heterocycles. The van der Waals surface area contributed by atoms with Gasteiger partial charge in [0, 0.05) is 35.8 Å². The van der Waals surface area contributed by atoms with Crippen molar-refractivity contribution in [2.24, 2.45) is 0 Å². The SMILES string of the molecule is CC(=O)O[C@@H](C)OC(=O)C1=C(Oc2ccc(S(C)=O)cc2)S[C@H]2CC(=O)N12. The monoisotopic (exact) mass is 411 g/mol. The van der Waals surface area contributed by atoms with Crippen LogP contribution in [0.3, 0.4) is 0 Å². The Hall–Kier alpha value is -2.33. The number of esters is 2. The average Bonchev–Trinajstić information content (AvgIpc) is 2.86. The van der Waals surface area contributed by atoms with Gasteiger partial charge in [-0.25, -0.2) is 4.79 Å². The van der Waals surface area contributed by atoms with Crippen molar-refractivity contribution in [1.82, 2.24) is 4.90 Å². The van der Waals surface area contributed by atoms with Crippen LogP contribution in [0.5, 0.6) is 5.75 Å². The Balaban J connectivity index is 1.81. The van der Waals surface area contributed by atoms with Crippen molar-refractivity contribution >= 4 is 40.4 Å². The van der Waals surface area contributed by atoms with Gasteiger partial charge in [-0.15, -0.1) is 0 Å². The van der Waals surface area contributed by atoms with Crippen LogP contribution in [0.2, 0.25) is 0 Å². The molecule has 1 saturated heterocycles. The molecule has 1 aromatic carbocycles. The molecule has 0 aromatic heterocycles. The van der Waals surface area contributed by atoms with Crippen LogP contribution in [0.25, 0.3) is 0 Å². The number of amides is 1. The summed E-state index contributed by atoms with van der Waals surface area (Å²) in [6, 6.07) is 6.58. The fourth-order valence-electron chi connectivity index (χ4n) is 2.55. The lowest BCUT2D eigenvalue weighted by molar-refractivity contribution is -0.182. The third-order valence-electron chi connectivity index (χ3n) is 3.75. The van der Waals surface area contributed by atoms with Gasteiger partial charge in [0.05, 0.1) is 11.8 Å². The molecule has 2 aliphatic rings. The van der Waals surface area contributed by atoms with Gasteiger partial charge in [0.15, 0.2) is 10.8 Å². The summed E-state index contributed by atoms with van der Waals surface area (Å²) in [6.07, 6.45) is 0.768. The van der Waals surface area contributed by atoms with Crippen molar-refractivity contribution in [3.63, 3.8) is 0 Å². The van der Waals surface area contributed by atoms with E-state index in [1.807, 2.05) is 0 Å². The summed E-state index contributed by atoms with van der Waals surface area (Å²) >= 11 is 1.24. The quantitative estimate of drug-likeness (QED) is 0.396. The molecule has 0 aliphatic carbocycles. The van der Waals surface area contributed by atoms with Gasteiger partial charge in [-0.1, -0.05) is 11.8 Å². The van der Waals surface area contributed by atoms with E-state index in [2.05, 4.69) is 0 Å². The lowest BCUT2D eigenvalue weighted by Crippen LogP contribution is -2.49. The predicted octanol–water partition coefficient (Wildman–Crippen LogP) is 1.73. The number of hydrogen-bond acceptors (Lipinski definition) is 8. The molecule has 2 aliphatic heterocycles. The fourth-order valence-corrected chi connectivity index (χ4v) is 4.31. The minimum absolute atomic E-state index is 0.0107. The van der Waals surface area contributed by atoms with E-state index in [1.165, 1.54) is 30.5 Å². The highest BCUT2D eigenvalue weighted by atomic mass is 32.2. The van der Waals surface area contributed by atoms with Crippen LogP contribution >= 0.6 is 11.8 Å². The predicted molar refractivity (Wildman–Crippen MR) is 96.6 cm³/mol. The number of fused-ring (bicyclic) bond motifs is 1. The lowest BCUT2D eigenvalue weighted by atomic mass is 10.2. The second-order valence-corrected chi connectivity index (χ2v) is 8.32. The maximum absolute atomic E-state index is 12.5. The van der Waals surface area contributed by atoms with Crippen molar-refractivity contribution in [3.8, 4) is 5.75 Å². The summed E-state index contributed by atoms with van der Waals surface area (Å²) in [6.45, 7) is 2.60. The van der Waals surface area contributed by atoms with E-state index in [0.29, 0.717) is 17.1 Å². The first kappa shape index (κ1) is 19.4. The van der Waals surface area contributed by atoms with Crippen LogP contribution in [-0.2, 0) is 34.7 Å². The topological polar surface area (TPSA) is 99.2 Å². The molecule has 1 amide bonds. The van der Waals surface area contributed by atoms with Crippen LogP contribution in [0.1, 0.15) is 20.3 Å². The Morgan fingerprint density at radius 3 is 2.48 bits per heavy atom. The Morgan fingerprint density at radius 2 is 1.93 bits per heavy atom. The van der Waals surface area contributed by atoms with Gasteiger partial charge in [0.25, 0.3) is 0 Å². The molecule has 1 unspecified atom stereocenters. The van der Waals surface area contributed by atoms with E-state index in [1.54, 1.807) is 30.5 Å². The summed E-state index contributed by atoms with van der Waals surface area (Å²) in [7, 11) is -1.11. The summed E-state index contributed by atoms with van der Waals surface area (Å²) < 4.78 is 27.1. The molecular formula is C17H17NO7S2. The molecule has 8 nitrogen and oxygen atoms in total. The number of ether oxygens (including phenoxy) is 3. The van der Waals surface area contributed by atoms with E-state index in [9.17, 15) is 18.6 Å². The number of hydrogen-bond donors (Lipinski definition) is 0. The average molecular weight is 411 g/mol. The molecule has 27 heavy (non-hydrogen) atoms. The number of β-lactam (4-membered cyclic amide) rings is 1. The molecule has 0 spiro atoms. The largest absolute Gasteiger partial charge is 0.448 e. The summed E-state index contributed by atoms with van der Waals surface area (Å²) in [4.78, 5) is 37.4. The van der Waals surface area contributed by atoms with Crippen molar-refractivity contribution in [2.75, 3.05) is 6.26 Å². The van der Waals surface area contributed by atoms with Crippen LogP contribution in [0, 0.1) is 0 Å². The highest BCUT2D eigenvalue weighted by Crippen LogP contribution is 2.47. The standard InChI is InChI=1S/C17H17NO7S2/c1-9(19)23-10(2)24-16(21)15-17(26-14-8-13(20)18(14)15)25-11-4-6-12(7-5-11)27(3)22/h4-7,10,14H,8H2,1-3H3/t10-,14+,27?/m1/s1. The van der Waals surface area contributed by atoms with Gasteiger partial charge in [0.1, 0.15) is 5.75 Å². The van der Waals surface area contributed by atoms with Crippen LogP contribution < -0.4 is 4.74 Å². The van der Waals surface area contributed by atoms with Gasteiger partial charge >= 0.3 is 11.9 Å². The first-order chi connectivity index (χ1) is 12.8. The third-order valence-corrected chi connectivity index (χ3v) is 5.82. The Bertz CT molecular complexity index is 849. The van der Waals surface area contributed by atoms with E-state index < -0.39 is 29.0 Å². The number of nitrogens with zero attached hydrogens (tertiary/aromatic N) is 1. The van der Waals surface area contributed by atoms with Crippen LogP contribution in [0.15, 0.2) is 39.9 Å². The van der Waals surface area contributed by atoms with E-state index in [-0.39, 0.29) is 22.1 Å². The van der Waals surface area contributed by atoms with Crippen LogP contribution in [-0.4, -0.2) is 44.9 Å². The molecule has 1 fully saturated rings. The number of carbonyl (C=O) groups excluding carboxylic acids is 3. The zero-order valence-electron chi connectivity index (χ0n) is 14.8. The van der Waals surface area contributed by atoms with Gasteiger partial charge < -0.3 is 14.2 Å². The van der Waals surface area contributed by atoms with Gasteiger partial charge in [-0.2, -0.15) is 0 Å². The molecule has 3 atom stereocenters. The smallest absolute Gasteiger partial charge is 0.362 e. The molecule has 3 rings (SSSR count). The molecule has 1 aromatic rings. The normalized spacial score (nSPS) is 20.5. The van der Waals surface area contributed by atoms with Crippen molar-refractivity contribution in [1.29, 1.82) is 0 Å². The Morgan fingerprint density at radius 1 is 1.26 bits per heavy atom. The maximum Gasteiger partial charge on any atom is 0.362 e. The number of benzene rings is 1. The van der Waals surface area contributed by atoms with E-state index in [0.717, 1.165) is 0 Å². The van der Waals surface area contributed by atoms with Gasteiger partial charge in [0.2, 0.25) is 12.2 Å². The van der Waals surface area contributed by atoms with Crippen molar-refractivity contribution < 1.29 is 32.8 Å². The van der Waals surface area contributed by atoms with E-state index in [4.69, 9.17) is 14.2 Å². The van der Waals surface area contributed by atoms with Gasteiger partial charge in [-0.05, 0) is 24.3 Å². The second kappa shape index (κ2) is 7.73. The number of carbonyl (C=O) groups is 3. The summed E-state index contributed by atoms with van der Waals surface area (Å²) in [5.41, 5.74) is -0.0107. The zero-order valence-corrected chi connectivity index (χ0v) is 16.4. The van der Waals surface area contributed by atoms with Crippen LogP contribution in [0.4, 0.5) is 0 Å². The highest BCUT2D eigenvalue weighted by Gasteiger charge is 2.50. The maximum atomic E-state index is 12.5. The summed E-state index contributed by atoms with van der Waals surface area (Å²) in [5.74, 6) is -1.18. The highest BCUT2D eigenvalue weighted by molar-refractivity contribution is 8.03. The van der Waals surface area contributed by atoms with Gasteiger partial charge in [-0.3, -0.25) is 18.7 Å². The Kier molecular flexibility index (Phi) is 5.56. The van der Waals surface area contributed by atoms with E-state index >= 15 is 0 Å². The first-order valence-electron chi connectivity index (χ1n) is 7.99. The minimum Gasteiger partial charge on any atom is -0.448 e. The third kappa shape index (κ3) is 4.16.